The Hall–Kier alpha value is -2.51. The minimum absolute atomic E-state index is 0.200. The van der Waals surface area contributed by atoms with Gasteiger partial charge in [0.1, 0.15) is 6.10 Å². The van der Waals surface area contributed by atoms with Crippen molar-refractivity contribution in [3.05, 3.63) is 47.7 Å². The molecule has 4 rings (SSSR count). The maximum absolute atomic E-state index is 5.79. The van der Waals surface area contributed by atoms with Gasteiger partial charge in [-0.1, -0.05) is 18.2 Å². The first-order valence-electron chi connectivity index (χ1n) is 8.29. The Morgan fingerprint density at radius 1 is 1.28 bits per heavy atom. The summed E-state index contributed by atoms with van der Waals surface area (Å²) in [7, 11) is 1.66. The molecule has 1 atom stereocenters. The van der Waals surface area contributed by atoms with E-state index in [1.807, 2.05) is 18.2 Å². The summed E-state index contributed by atoms with van der Waals surface area (Å²) in [5, 5.41) is 9.07. The lowest BCUT2D eigenvalue weighted by atomic mass is 10.1. The van der Waals surface area contributed by atoms with E-state index in [4.69, 9.17) is 13.9 Å². The molecule has 0 bridgehead atoms. The van der Waals surface area contributed by atoms with Crippen LogP contribution in [0.25, 0.3) is 10.9 Å². The molecule has 7 heteroatoms. The number of ether oxygens (including phenoxy) is 2. The molecule has 0 amide bonds. The van der Waals surface area contributed by atoms with Crippen LogP contribution in [0.4, 0.5) is 0 Å². The number of aromatic nitrogens is 3. The van der Waals surface area contributed by atoms with Gasteiger partial charge in [-0.25, -0.2) is 4.98 Å². The summed E-state index contributed by atoms with van der Waals surface area (Å²) in [5.41, 5.74) is 1.99. The summed E-state index contributed by atoms with van der Waals surface area (Å²) in [4.78, 5) is 6.91. The molecule has 1 aliphatic heterocycles. The number of morpholine rings is 1. The first kappa shape index (κ1) is 16.0. The molecular formula is C18H20N4O3. The zero-order valence-electron chi connectivity index (χ0n) is 14.3. The van der Waals surface area contributed by atoms with Gasteiger partial charge in [0.05, 0.1) is 19.2 Å². The number of nitrogens with zero attached hydrogens (tertiary/aromatic N) is 4. The molecule has 0 aliphatic carbocycles. The molecule has 25 heavy (non-hydrogen) atoms. The van der Waals surface area contributed by atoms with E-state index in [1.165, 1.54) is 0 Å². The molecule has 3 heterocycles. The van der Waals surface area contributed by atoms with E-state index < -0.39 is 0 Å². The van der Waals surface area contributed by atoms with Crippen molar-refractivity contribution in [3.63, 3.8) is 0 Å². The van der Waals surface area contributed by atoms with E-state index in [0.29, 0.717) is 30.8 Å². The fraction of sp³-hybridized carbons (Fsp3) is 0.389. The van der Waals surface area contributed by atoms with E-state index in [-0.39, 0.29) is 6.10 Å². The van der Waals surface area contributed by atoms with Crippen LogP contribution in [0.2, 0.25) is 0 Å². The molecule has 1 aromatic carbocycles. The Kier molecular flexibility index (Phi) is 4.33. The zero-order chi connectivity index (χ0) is 17.2. The van der Waals surface area contributed by atoms with E-state index in [9.17, 15) is 0 Å². The van der Waals surface area contributed by atoms with Crippen LogP contribution in [0.5, 0.6) is 5.88 Å². The quantitative estimate of drug-likeness (QED) is 0.722. The number of rotatable bonds is 4. The van der Waals surface area contributed by atoms with E-state index in [0.717, 1.165) is 29.6 Å². The van der Waals surface area contributed by atoms with Crippen LogP contribution in [-0.4, -0.2) is 46.9 Å². The number of benzene rings is 1. The number of aryl methyl sites for hydroxylation is 1. The molecule has 0 saturated carbocycles. The van der Waals surface area contributed by atoms with E-state index >= 15 is 0 Å². The van der Waals surface area contributed by atoms with Crippen molar-refractivity contribution >= 4 is 10.9 Å². The summed E-state index contributed by atoms with van der Waals surface area (Å²) in [6.07, 6.45) is -0.200. The molecule has 1 unspecified atom stereocenters. The lowest BCUT2D eigenvalue weighted by molar-refractivity contribution is -0.0458. The van der Waals surface area contributed by atoms with Crippen molar-refractivity contribution in [2.75, 3.05) is 26.8 Å². The van der Waals surface area contributed by atoms with Gasteiger partial charge in [0.25, 0.3) is 0 Å². The fourth-order valence-electron chi connectivity index (χ4n) is 3.11. The van der Waals surface area contributed by atoms with Gasteiger partial charge in [-0.2, -0.15) is 0 Å². The van der Waals surface area contributed by atoms with Crippen molar-refractivity contribution in [1.82, 2.24) is 20.1 Å². The largest absolute Gasteiger partial charge is 0.481 e. The van der Waals surface area contributed by atoms with Gasteiger partial charge in [-0.15, -0.1) is 10.2 Å². The molecule has 1 fully saturated rings. The number of methoxy groups -OCH3 is 1. The van der Waals surface area contributed by atoms with Gasteiger partial charge in [-0.05, 0) is 12.1 Å². The Morgan fingerprint density at radius 3 is 2.96 bits per heavy atom. The molecule has 7 nitrogen and oxygen atoms in total. The van der Waals surface area contributed by atoms with Gasteiger partial charge in [0.2, 0.25) is 17.7 Å². The molecule has 1 aliphatic rings. The summed E-state index contributed by atoms with van der Waals surface area (Å²) in [5.74, 6) is 1.75. The van der Waals surface area contributed by atoms with Crippen LogP contribution in [-0.2, 0) is 11.3 Å². The van der Waals surface area contributed by atoms with Crippen LogP contribution < -0.4 is 4.74 Å². The third-order valence-corrected chi connectivity index (χ3v) is 4.32. The third-order valence-electron chi connectivity index (χ3n) is 4.32. The van der Waals surface area contributed by atoms with Crippen LogP contribution in [0, 0.1) is 6.92 Å². The van der Waals surface area contributed by atoms with Gasteiger partial charge in [-0.3, -0.25) is 4.90 Å². The number of para-hydroxylation sites is 1. The van der Waals surface area contributed by atoms with Crippen LogP contribution >= 0.6 is 0 Å². The maximum atomic E-state index is 5.79. The lowest BCUT2D eigenvalue weighted by Gasteiger charge is -2.31. The standard InChI is InChI=1S/C18H20N4O3/c1-12-20-21-18(25-12)16-11-22(7-8-24-16)10-14-9-13-5-3-4-6-15(13)19-17(14)23-2/h3-6,9,16H,7-8,10-11H2,1-2H3. The second-order valence-corrected chi connectivity index (χ2v) is 6.10. The number of hydrogen-bond donors (Lipinski definition) is 0. The third kappa shape index (κ3) is 3.33. The monoisotopic (exact) mass is 340 g/mol. The highest BCUT2D eigenvalue weighted by molar-refractivity contribution is 5.80. The molecule has 3 aromatic rings. The van der Waals surface area contributed by atoms with Crippen LogP contribution in [0.3, 0.4) is 0 Å². The Morgan fingerprint density at radius 2 is 2.16 bits per heavy atom. The van der Waals surface area contributed by atoms with Gasteiger partial charge >= 0.3 is 0 Å². The number of pyridine rings is 1. The Balaban J connectivity index is 1.55. The summed E-state index contributed by atoms with van der Waals surface area (Å²) in [6, 6.07) is 10.2. The highest BCUT2D eigenvalue weighted by atomic mass is 16.5. The molecule has 0 radical (unpaired) electrons. The van der Waals surface area contributed by atoms with Gasteiger partial charge < -0.3 is 13.9 Å². The summed E-state index contributed by atoms with van der Waals surface area (Å²) >= 11 is 0. The number of fused-ring (bicyclic) bond motifs is 1. The second-order valence-electron chi connectivity index (χ2n) is 6.10. The van der Waals surface area contributed by atoms with Crippen LogP contribution in [0.1, 0.15) is 23.4 Å². The Labute approximate surface area is 145 Å². The average Bonchev–Trinajstić information content (AvgIpc) is 3.08. The highest BCUT2D eigenvalue weighted by Gasteiger charge is 2.27. The molecule has 0 N–H and O–H groups in total. The zero-order valence-corrected chi connectivity index (χ0v) is 14.3. The fourth-order valence-corrected chi connectivity index (χ4v) is 3.11. The summed E-state index contributed by atoms with van der Waals surface area (Å²) in [6.45, 7) is 4.66. The smallest absolute Gasteiger partial charge is 0.246 e. The minimum Gasteiger partial charge on any atom is -0.481 e. The number of hydrogen-bond acceptors (Lipinski definition) is 7. The van der Waals surface area contributed by atoms with Crippen molar-refractivity contribution in [1.29, 1.82) is 0 Å². The molecular weight excluding hydrogens is 320 g/mol. The van der Waals surface area contributed by atoms with Crippen molar-refractivity contribution in [2.45, 2.75) is 19.6 Å². The SMILES string of the molecule is COc1nc2ccccc2cc1CN1CCOC(c2nnc(C)o2)C1. The second kappa shape index (κ2) is 6.78. The molecule has 0 spiro atoms. The minimum atomic E-state index is -0.200. The van der Waals surface area contributed by atoms with Crippen molar-refractivity contribution in [2.24, 2.45) is 0 Å². The first-order valence-corrected chi connectivity index (χ1v) is 8.29. The Bertz CT molecular complexity index is 880. The predicted molar refractivity (Wildman–Crippen MR) is 91.3 cm³/mol. The first-order chi connectivity index (χ1) is 12.2. The highest BCUT2D eigenvalue weighted by Crippen LogP contribution is 2.26. The normalized spacial score (nSPS) is 18.6. The van der Waals surface area contributed by atoms with E-state index in [2.05, 4.69) is 32.2 Å². The van der Waals surface area contributed by atoms with E-state index in [1.54, 1.807) is 14.0 Å². The maximum Gasteiger partial charge on any atom is 0.246 e. The van der Waals surface area contributed by atoms with Gasteiger partial charge in [0, 0.05) is 37.5 Å². The summed E-state index contributed by atoms with van der Waals surface area (Å²) < 4.78 is 16.8. The molecule has 2 aromatic heterocycles. The molecule has 130 valence electrons. The van der Waals surface area contributed by atoms with Crippen LogP contribution in [0.15, 0.2) is 34.7 Å². The van der Waals surface area contributed by atoms with Crippen molar-refractivity contribution in [3.8, 4) is 5.88 Å². The van der Waals surface area contributed by atoms with Gasteiger partial charge in [0.15, 0.2) is 0 Å². The topological polar surface area (TPSA) is 73.5 Å². The van der Waals surface area contributed by atoms with Crippen molar-refractivity contribution < 1.29 is 13.9 Å². The average molecular weight is 340 g/mol. The lowest BCUT2D eigenvalue weighted by Crippen LogP contribution is -2.38. The molecule has 1 saturated heterocycles. The predicted octanol–water partition coefficient (Wildman–Crippen LogP) is 2.51.